The number of nitro groups is 3. The van der Waals surface area contributed by atoms with Gasteiger partial charge in [-0.2, -0.15) is 0 Å². The first-order valence-electron chi connectivity index (χ1n) is 9.04. The minimum Gasteiger partial charge on any atom is -0.396 e. The molecular formula is C21H16N3O7. The Labute approximate surface area is 175 Å². The lowest BCUT2D eigenvalue weighted by molar-refractivity contribution is -0.404. The smallest absolute Gasteiger partial charge is 0.286 e. The summed E-state index contributed by atoms with van der Waals surface area (Å²) in [6.07, 6.45) is 0. The number of benzene rings is 3. The molecule has 0 saturated heterocycles. The highest BCUT2D eigenvalue weighted by Gasteiger charge is 2.39. The molecule has 1 unspecified atom stereocenters. The molecule has 3 rings (SSSR count). The summed E-state index contributed by atoms with van der Waals surface area (Å²) in [6.45, 7) is -0.696. The Morgan fingerprint density at radius 1 is 0.742 bits per heavy atom. The van der Waals surface area contributed by atoms with Gasteiger partial charge in [0.1, 0.15) is 5.56 Å². The van der Waals surface area contributed by atoms with Gasteiger partial charge >= 0.3 is 0 Å². The number of hydrogen-bond donors (Lipinski definition) is 1. The summed E-state index contributed by atoms with van der Waals surface area (Å²) in [5.41, 5.74) is -1.59. The van der Waals surface area contributed by atoms with Crippen LogP contribution >= 0.6 is 0 Å². The van der Waals surface area contributed by atoms with E-state index in [4.69, 9.17) is 0 Å². The van der Waals surface area contributed by atoms with Crippen LogP contribution in [0.3, 0.4) is 0 Å². The van der Waals surface area contributed by atoms with Crippen molar-refractivity contribution in [3.63, 3.8) is 0 Å². The third-order valence-electron chi connectivity index (χ3n) is 4.77. The van der Waals surface area contributed by atoms with Crippen LogP contribution in [0.15, 0.2) is 72.8 Å². The Morgan fingerprint density at radius 2 is 1.16 bits per heavy atom. The van der Waals surface area contributed by atoms with E-state index in [9.17, 15) is 35.4 Å². The van der Waals surface area contributed by atoms with Crippen molar-refractivity contribution in [2.24, 2.45) is 0 Å². The van der Waals surface area contributed by atoms with Crippen LogP contribution in [0.4, 0.5) is 17.1 Å². The molecule has 0 amide bonds. The van der Waals surface area contributed by atoms with Crippen LogP contribution in [0.25, 0.3) is 0 Å². The number of aliphatic hydroxyl groups excluding tert-OH is 1. The third kappa shape index (κ3) is 4.38. The number of aliphatic hydroxyl groups is 1. The number of hydrogen-bond acceptors (Lipinski definition) is 7. The molecule has 0 spiro atoms. The molecule has 1 atom stereocenters. The van der Waals surface area contributed by atoms with Gasteiger partial charge in [-0.3, -0.25) is 30.3 Å². The van der Waals surface area contributed by atoms with E-state index < -0.39 is 49.9 Å². The van der Waals surface area contributed by atoms with Crippen LogP contribution < -0.4 is 0 Å². The molecule has 10 heteroatoms. The maximum atomic E-state index is 11.8. The lowest BCUT2D eigenvalue weighted by Crippen LogP contribution is -2.20. The summed E-state index contributed by atoms with van der Waals surface area (Å²) < 4.78 is 0. The largest absolute Gasteiger partial charge is 0.396 e. The van der Waals surface area contributed by atoms with E-state index >= 15 is 0 Å². The van der Waals surface area contributed by atoms with Gasteiger partial charge in [-0.1, -0.05) is 60.7 Å². The van der Waals surface area contributed by atoms with Crippen molar-refractivity contribution in [3.05, 3.63) is 126 Å². The molecule has 3 aromatic carbocycles. The summed E-state index contributed by atoms with van der Waals surface area (Å²) in [5.74, 6) is -0.768. The topological polar surface area (TPSA) is 150 Å². The molecule has 0 aliphatic heterocycles. The lowest BCUT2D eigenvalue weighted by atomic mass is 9.76. The first-order chi connectivity index (χ1) is 14.8. The van der Waals surface area contributed by atoms with Crippen LogP contribution in [-0.2, 0) is 0 Å². The molecule has 0 bridgehead atoms. The molecule has 0 aliphatic rings. The van der Waals surface area contributed by atoms with Gasteiger partial charge < -0.3 is 5.11 Å². The van der Waals surface area contributed by atoms with E-state index in [1.54, 1.807) is 60.7 Å². The monoisotopic (exact) mass is 422 g/mol. The van der Waals surface area contributed by atoms with Gasteiger partial charge in [0.05, 0.1) is 33.5 Å². The van der Waals surface area contributed by atoms with Crippen molar-refractivity contribution in [1.82, 2.24) is 0 Å². The molecule has 10 nitrogen and oxygen atoms in total. The van der Waals surface area contributed by atoms with E-state index in [0.29, 0.717) is 29.2 Å². The second-order valence-corrected chi connectivity index (χ2v) is 6.55. The van der Waals surface area contributed by atoms with Gasteiger partial charge in [-0.05, 0) is 11.1 Å². The predicted molar refractivity (Wildman–Crippen MR) is 111 cm³/mol. The van der Waals surface area contributed by atoms with E-state index in [1.807, 2.05) is 0 Å². The third-order valence-corrected chi connectivity index (χ3v) is 4.77. The molecule has 0 aromatic heterocycles. The van der Waals surface area contributed by atoms with Crippen LogP contribution in [-0.4, -0.2) is 26.5 Å². The van der Waals surface area contributed by atoms with Crippen molar-refractivity contribution < 1.29 is 19.9 Å². The Hall–Kier alpha value is -4.18. The number of rotatable bonds is 8. The van der Waals surface area contributed by atoms with Crippen molar-refractivity contribution >= 4 is 17.1 Å². The zero-order valence-corrected chi connectivity index (χ0v) is 16.0. The molecule has 0 heterocycles. The Morgan fingerprint density at radius 3 is 1.48 bits per heavy atom. The van der Waals surface area contributed by atoms with Crippen molar-refractivity contribution in [2.45, 2.75) is 5.92 Å². The number of nitro benzene ring substituents is 3. The SMILES string of the molecule is O=[N+]([O-])c1cc([N+](=O)[O-])c(C(CO)[C](c2ccccc2)c2ccccc2)c([N+](=O)[O-])c1. The van der Waals surface area contributed by atoms with Gasteiger partial charge in [-0.15, -0.1) is 0 Å². The van der Waals surface area contributed by atoms with Gasteiger partial charge in [0.15, 0.2) is 0 Å². The van der Waals surface area contributed by atoms with Crippen LogP contribution in [0.2, 0.25) is 0 Å². The maximum Gasteiger partial charge on any atom is 0.286 e. The van der Waals surface area contributed by atoms with Gasteiger partial charge in [0.25, 0.3) is 17.1 Å². The van der Waals surface area contributed by atoms with Crippen molar-refractivity contribution in [1.29, 1.82) is 0 Å². The second-order valence-electron chi connectivity index (χ2n) is 6.55. The molecular weight excluding hydrogens is 406 g/mol. The molecule has 1 N–H and O–H groups in total. The standard InChI is InChI=1S/C21H16N3O7/c25-13-17(20(14-7-3-1-4-8-14)15-9-5-2-6-10-15)21-18(23(28)29)11-16(22(26)27)12-19(21)24(30)31/h1-12,17,25H,13H2. The summed E-state index contributed by atoms with van der Waals surface area (Å²) in [7, 11) is 0. The lowest BCUT2D eigenvalue weighted by Gasteiger charge is -2.26. The Balaban J connectivity index is 2.34. The van der Waals surface area contributed by atoms with Crippen LogP contribution in [0.5, 0.6) is 0 Å². The molecule has 0 saturated carbocycles. The van der Waals surface area contributed by atoms with Crippen molar-refractivity contribution in [2.75, 3.05) is 6.61 Å². The Bertz CT molecular complexity index is 1050. The molecule has 0 aliphatic carbocycles. The summed E-state index contributed by atoms with van der Waals surface area (Å²) >= 11 is 0. The van der Waals surface area contributed by atoms with Crippen LogP contribution in [0, 0.1) is 36.3 Å². The normalized spacial score (nSPS) is 11.8. The average molecular weight is 422 g/mol. The highest BCUT2D eigenvalue weighted by molar-refractivity contribution is 5.66. The Kier molecular flexibility index (Phi) is 6.32. The highest BCUT2D eigenvalue weighted by Crippen LogP contribution is 2.46. The first-order valence-corrected chi connectivity index (χ1v) is 9.04. The average Bonchev–Trinajstić information content (AvgIpc) is 2.77. The first kappa shape index (κ1) is 21.5. The van der Waals surface area contributed by atoms with Crippen molar-refractivity contribution in [3.8, 4) is 0 Å². The zero-order valence-electron chi connectivity index (χ0n) is 16.0. The second kappa shape index (κ2) is 9.09. The maximum absolute atomic E-state index is 11.8. The quantitative estimate of drug-likeness (QED) is 0.423. The molecule has 3 aromatic rings. The minimum atomic E-state index is -1.19. The molecule has 0 fully saturated rings. The van der Waals surface area contributed by atoms with Gasteiger partial charge in [0.2, 0.25) is 0 Å². The summed E-state index contributed by atoms with van der Waals surface area (Å²) in [5, 5.41) is 45.0. The molecule has 31 heavy (non-hydrogen) atoms. The van der Waals surface area contributed by atoms with E-state index in [2.05, 4.69) is 0 Å². The summed E-state index contributed by atoms with van der Waals surface area (Å²) in [6, 6.07) is 18.7. The number of non-ortho nitro benzene ring substituents is 1. The summed E-state index contributed by atoms with van der Waals surface area (Å²) in [4.78, 5) is 31.9. The zero-order chi connectivity index (χ0) is 22.5. The molecule has 1 radical (unpaired) electrons. The van der Waals surface area contributed by atoms with E-state index in [0.717, 1.165) is 0 Å². The minimum absolute atomic E-state index is 0.397. The fraction of sp³-hybridized carbons (Fsp3) is 0.0952. The predicted octanol–water partition coefficient (Wildman–Crippen LogP) is 4.16. The number of nitrogens with zero attached hydrogens (tertiary/aromatic N) is 3. The van der Waals surface area contributed by atoms with Gasteiger partial charge in [-0.25, -0.2) is 0 Å². The highest BCUT2D eigenvalue weighted by atomic mass is 16.6. The fourth-order valence-electron chi connectivity index (χ4n) is 3.50. The fourth-order valence-corrected chi connectivity index (χ4v) is 3.50. The molecule has 157 valence electrons. The van der Waals surface area contributed by atoms with Crippen LogP contribution in [0.1, 0.15) is 22.6 Å². The van der Waals surface area contributed by atoms with E-state index in [-0.39, 0.29) is 0 Å². The van der Waals surface area contributed by atoms with E-state index in [1.165, 1.54) is 0 Å². The van der Waals surface area contributed by atoms with Gasteiger partial charge in [0, 0.05) is 11.8 Å².